The van der Waals surface area contributed by atoms with Gasteiger partial charge in [0, 0.05) is 6.42 Å². The van der Waals surface area contributed by atoms with E-state index in [9.17, 15) is 0 Å². The van der Waals surface area contributed by atoms with Gasteiger partial charge in [-0.2, -0.15) is 5.26 Å². The van der Waals surface area contributed by atoms with E-state index in [-0.39, 0.29) is 0 Å². The van der Waals surface area contributed by atoms with E-state index in [4.69, 9.17) is 11.7 Å². The zero-order valence-corrected chi connectivity index (χ0v) is 6.04. The van der Waals surface area contributed by atoms with E-state index < -0.39 is 0 Å². The maximum absolute atomic E-state index is 8.47. The van der Waals surface area contributed by atoms with Crippen LogP contribution < -0.4 is 0 Å². The summed E-state index contributed by atoms with van der Waals surface area (Å²) in [7, 11) is 0. The van der Waals surface area contributed by atoms with Gasteiger partial charge in [-0.25, -0.2) is 0 Å². The molecular weight excluding hydrogens is 134 g/mol. The largest absolute Gasteiger partial charge is 0.192 e. The highest BCUT2D eigenvalue weighted by Crippen LogP contribution is 2.02. The van der Waals surface area contributed by atoms with E-state index >= 15 is 0 Å². The van der Waals surface area contributed by atoms with E-state index in [2.05, 4.69) is 5.92 Å². The molecule has 0 heterocycles. The summed E-state index contributed by atoms with van der Waals surface area (Å²) in [5.74, 6) is 2.54. The molecule has 0 aromatic heterocycles. The van der Waals surface area contributed by atoms with Crippen molar-refractivity contribution in [2.45, 2.75) is 6.42 Å². The van der Waals surface area contributed by atoms with Crippen molar-refractivity contribution in [1.29, 1.82) is 5.26 Å². The van der Waals surface area contributed by atoms with Gasteiger partial charge in [-0.15, -0.1) is 12.3 Å². The SMILES string of the molecule is C#CCc1ccc(C#N)cc1. The monoisotopic (exact) mass is 141 g/mol. The number of hydrogen-bond donors (Lipinski definition) is 0. The van der Waals surface area contributed by atoms with Crippen molar-refractivity contribution < 1.29 is 0 Å². The number of nitrogens with zero attached hydrogens (tertiary/aromatic N) is 1. The lowest BCUT2D eigenvalue weighted by Gasteiger charge is -1.92. The average molecular weight is 141 g/mol. The fourth-order valence-corrected chi connectivity index (χ4v) is 0.815. The first-order valence-electron chi connectivity index (χ1n) is 3.29. The van der Waals surface area contributed by atoms with Crippen molar-refractivity contribution in [3.63, 3.8) is 0 Å². The first kappa shape index (κ1) is 7.38. The van der Waals surface area contributed by atoms with Crippen LogP contribution in [0.1, 0.15) is 11.1 Å². The van der Waals surface area contributed by atoms with Crippen molar-refractivity contribution in [2.75, 3.05) is 0 Å². The minimum absolute atomic E-state index is 0.631. The first-order chi connectivity index (χ1) is 5.36. The number of nitriles is 1. The standard InChI is InChI=1S/C10H7N/c1-2-3-9-4-6-10(8-11)7-5-9/h1,4-7H,3H2. The fraction of sp³-hybridized carbons (Fsp3) is 0.100. The second-order valence-electron chi connectivity index (χ2n) is 2.19. The second kappa shape index (κ2) is 3.44. The molecule has 1 aromatic carbocycles. The maximum atomic E-state index is 8.47. The Morgan fingerprint density at radius 2 is 1.91 bits per heavy atom. The summed E-state index contributed by atoms with van der Waals surface area (Å²) >= 11 is 0. The molecule has 0 aliphatic heterocycles. The quantitative estimate of drug-likeness (QED) is 0.546. The molecule has 0 fully saturated rings. The van der Waals surface area contributed by atoms with Crippen LogP contribution in [0.3, 0.4) is 0 Å². The molecule has 0 saturated heterocycles. The smallest absolute Gasteiger partial charge is 0.0991 e. The third kappa shape index (κ3) is 1.85. The first-order valence-corrected chi connectivity index (χ1v) is 3.29. The molecule has 1 rings (SSSR count). The van der Waals surface area contributed by atoms with Crippen LogP contribution in [0.25, 0.3) is 0 Å². The molecule has 0 aliphatic rings. The van der Waals surface area contributed by atoms with Gasteiger partial charge in [-0.05, 0) is 17.7 Å². The zero-order valence-electron chi connectivity index (χ0n) is 6.04. The average Bonchev–Trinajstić information content (AvgIpc) is 2.07. The van der Waals surface area contributed by atoms with Gasteiger partial charge >= 0.3 is 0 Å². The molecule has 0 spiro atoms. The Balaban J connectivity index is 2.87. The van der Waals surface area contributed by atoms with Gasteiger partial charge in [-0.3, -0.25) is 0 Å². The Kier molecular flexibility index (Phi) is 2.31. The van der Waals surface area contributed by atoms with Gasteiger partial charge in [0.15, 0.2) is 0 Å². The third-order valence-electron chi connectivity index (χ3n) is 1.39. The molecule has 0 N–H and O–H groups in total. The zero-order chi connectivity index (χ0) is 8.10. The van der Waals surface area contributed by atoms with Gasteiger partial charge < -0.3 is 0 Å². The highest BCUT2D eigenvalue weighted by molar-refractivity contribution is 5.32. The molecule has 0 bridgehead atoms. The van der Waals surface area contributed by atoms with Crippen LogP contribution in [0.15, 0.2) is 24.3 Å². The Bertz CT molecular complexity index is 308. The molecule has 0 atom stereocenters. The van der Waals surface area contributed by atoms with Crippen molar-refractivity contribution in [1.82, 2.24) is 0 Å². The molecule has 1 nitrogen and oxygen atoms in total. The highest BCUT2D eigenvalue weighted by atomic mass is 14.2. The number of benzene rings is 1. The minimum Gasteiger partial charge on any atom is -0.192 e. The molecule has 0 radical (unpaired) electrons. The Morgan fingerprint density at radius 3 is 2.36 bits per heavy atom. The van der Waals surface area contributed by atoms with Crippen molar-refractivity contribution in [3.8, 4) is 18.4 Å². The molecule has 0 amide bonds. The van der Waals surface area contributed by atoms with Crippen molar-refractivity contribution in [3.05, 3.63) is 35.4 Å². The number of terminal acetylenes is 1. The molecule has 52 valence electrons. The Hall–Kier alpha value is -1.73. The fourth-order valence-electron chi connectivity index (χ4n) is 0.815. The lowest BCUT2D eigenvalue weighted by molar-refractivity contribution is 1.31. The van der Waals surface area contributed by atoms with Crippen LogP contribution in [0.5, 0.6) is 0 Å². The molecule has 1 heteroatoms. The molecule has 0 aliphatic carbocycles. The lowest BCUT2D eigenvalue weighted by atomic mass is 10.1. The van der Waals surface area contributed by atoms with E-state index in [1.54, 1.807) is 12.1 Å². The summed E-state index contributed by atoms with van der Waals surface area (Å²) < 4.78 is 0. The van der Waals surface area contributed by atoms with Crippen LogP contribution in [0.2, 0.25) is 0 Å². The van der Waals surface area contributed by atoms with Crippen LogP contribution in [0.4, 0.5) is 0 Å². The summed E-state index contributed by atoms with van der Waals surface area (Å²) in [6, 6.07) is 9.33. The summed E-state index contributed by atoms with van der Waals surface area (Å²) in [5, 5.41) is 8.47. The van der Waals surface area contributed by atoms with Crippen LogP contribution >= 0.6 is 0 Å². The van der Waals surface area contributed by atoms with E-state index in [1.807, 2.05) is 18.2 Å². The number of rotatable bonds is 1. The highest BCUT2D eigenvalue weighted by Gasteiger charge is 1.89. The van der Waals surface area contributed by atoms with Crippen LogP contribution in [0, 0.1) is 23.7 Å². The van der Waals surface area contributed by atoms with Gasteiger partial charge in [0.05, 0.1) is 11.6 Å². The third-order valence-corrected chi connectivity index (χ3v) is 1.39. The normalized spacial score (nSPS) is 8.18. The molecule has 11 heavy (non-hydrogen) atoms. The van der Waals surface area contributed by atoms with Crippen molar-refractivity contribution >= 4 is 0 Å². The topological polar surface area (TPSA) is 23.8 Å². The van der Waals surface area contributed by atoms with Crippen LogP contribution in [-0.2, 0) is 6.42 Å². The maximum Gasteiger partial charge on any atom is 0.0991 e. The summed E-state index contributed by atoms with van der Waals surface area (Å²) in [5.41, 5.74) is 1.75. The van der Waals surface area contributed by atoms with Crippen molar-refractivity contribution in [2.24, 2.45) is 0 Å². The Labute approximate surface area is 66.3 Å². The second-order valence-corrected chi connectivity index (χ2v) is 2.19. The van der Waals surface area contributed by atoms with E-state index in [1.165, 1.54) is 0 Å². The van der Waals surface area contributed by atoms with E-state index in [0.29, 0.717) is 12.0 Å². The van der Waals surface area contributed by atoms with Gasteiger partial charge in [0.2, 0.25) is 0 Å². The predicted molar refractivity (Wildman–Crippen MR) is 43.7 cm³/mol. The van der Waals surface area contributed by atoms with Crippen LogP contribution in [-0.4, -0.2) is 0 Å². The van der Waals surface area contributed by atoms with Gasteiger partial charge in [-0.1, -0.05) is 12.1 Å². The summed E-state index contributed by atoms with van der Waals surface area (Å²) in [4.78, 5) is 0. The lowest BCUT2D eigenvalue weighted by Crippen LogP contribution is -1.80. The predicted octanol–water partition coefficient (Wildman–Crippen LogP) is 1.73. The van der Waals surface area contributed by atoms with Gasteiger partial charge in [0.1, 0.15) is 0 Å². The molecule has 1 aromatic rings. The minimum atomic E-state index is 0.631. The summed E-state index contributed by atoms with van der Waals surface area (Å²) in [6.45, 7) is 0. The molecule has 0 saturated carbocycles. The summed E-state index contributed by atoms with van der Waals surface area (Å²) in [6.07, 6.45) is 5.75. The number of hydrogen-bond acceptors (Lipinski definition) is 1. The molecule has 0 unspecified atom stereocenters. The van der Waals surface area contributed by atoms with Gasteiger partial charge in [0.25, 0.3) is 0 Å². The van der Waals surface area contributed by atoms with E-state index in [0.717, 1.165) is 5.56 Å². The Morgan fingerprint density at radius 1 is 1.27 bits per heavy atom. The molecular formula is C10H7N.